The van der Waals surface area contributed by atoms with Gasteiger partial charge in [0.1, 0.15) is 0 Å². The van der Waals surface area contributed by atoms with E-state index in [2.05, 4.69) is 53.8 Å². The van der Waals surface area contributed by atoms with Gasteiger partial charge in [-0.15, -0.1) is 0 Å². The van der Waals surface area contributed by atoms with E-state index in [4.69, 9.17) is 5.73 Å². The first-order valence-electron chi connectivity index (χ1n) is 8.86. The molecular formula is C21H23N3O. The zero-order chi connectivity index (χ0) is 17.4. The SMILES string of the molecule is Cc1ccc(-c2cc(C(N)=O)c3[nH]cc(C4CCNCC4)c3c2)cc1. The zero-order valence-electron chi connectivity index (χ0n) is 14.4. The summed E-state index contributed by atoms with van der Waals surface area (Å²) in [5, 5.41) is 4.54. The quantitative estimate of drug-likeness (QED) is 0.684. The molecular weight excluding hydrogens is 310 g/mol. The summed E-state index contributed by atoms with van der Waals surface area (Å²) in [5.74, 6) is 0.127. The molecule has 0 bridgehead atoms. The highest BCUT2D eigenvalue weighted by Gasteiger charge is 2.21. The molecule has 1 amide bonds. The van der Waals surface area contributed by atoms with E-state index in [1.165, 1.54) is 11.1 Å². The van der Waals surface area contributed by atoms with Crippen LogP contribution in [0.2, 0.25) is 0 Å². The fourth-order valence-corrected chi connectivity index (χ4v) is 3.83. The van der Waals surface area contributed by atoms with Crippen LogP contribution >= 0.6 is 0 Å². The lowest BCUT2D eigenvalue weighted by Crippen LogP contribution is -2.26. The predicted octanol–water partition coefficient (Wildman–Crippen LogP) is 3.71. The van der Waals surface area contributed by atoms with Gasteiger partial charge >= 0.3 is 0 Å². The molecule has 4 rings (SSSR count). The second-order valence-electron chi connectivity index (χ2n) is 6.94. The lowest BCUT2D eigenvalue weighted by atomic mass is 9.88. The van der Waals surface area contributed by atoms with Gasteiger partial charge in [0, 0.05) is 11.6 Å². The van der Waals surface area contributed by atoms with Gasteiger partial charge in [-0.1, -0.05) is 29.8 Å². The number of primary amides is 1. The highest BCUT2D eigenvalue weighted by atomic mass is 16.1. The van der Waals surface area contributed by atoms with Gasteiger partial charge in [0.15, 0.2) is 0 Å². The van der Waals surface area contributed by atoms with Crippen molar-refractivity contribution in [2.45, 2.75) is 25.7 Å². The van der Waals surface area contributed by atoms with E-state index in [0.29, 0.717) is 11.5 Å². The Bertz CT molecular complexity index is 918. The molecule has 0 aliphatic carbocycles. The topological polar surface area (TPSA) is 70.9 Å². The van der Waals surface area contributed by atoms with Crippen LogP contribution in [0.4, 0.5) is 0 Å². The first-order valence-corrected chi connectivity index (χ1v) is 8.86. The number of hydrogen-bond donors (Lipinski definition) is 3. The number of rotatable bonds is 3. The summed E-state index contributed by atoms with van der Waals surface area (Å²) in [7, 11) is 0. The summed E-state index contributed by atoms with van der Waals surface area (Å²) < 4.78 is 0. The van der Waals surface area contributed by atoms with Crippen molar-refractivity contribution in [1.29, 1.82) is 0 Å². The van der Waals surface area contributed by atoms with Crippen molar-refractivity contribution in [3.8, 4) is 11.1 Å². The van der Waals surface area contributed by atoms with Crippen LogP contribution < -0.4 is 11.1 Å². The maximum atomic E-state index is 12.0. The van der Waals surface area contributed by atoms with Gasteiger partial charge < -0.3 is 16.0 Å². The summed E-state index contributed by atoms with van der Waals surface area (Å²) in [4.78, 5) is 15.3. The average molecular weight is 333 g/mol. The molecule has 0 atom stereocenters. The monoisotopic (exact) mass is 333 g/mol. The van der Waals surface area contributed by atoms with E-state index in [-0.39, 0.29) is 0 Å². The van der Waals surface area contributed by atoms with Gasteiger partial charge in [0.05, 0.1) is 11.1 Å². The molecule has 2 heterocycles. The number of nitrogens with one attached hydrogen (secondary N) is 2. The highest BCUT2D eigenvalue weighted by molar-refractivity contribution is 6.07. The van der Waals surface area contributed by atoms with Crippen LogP contribution in [0.5, 0.6) is 0 Å². The number of aryl methyl sites for hydroxylation is 1. The molecule has 0 unspecified atom stereocenters. The van der Waals surface area contributed by atoms with Crippen LogP contribution in [0, 0.1) is 6.92 Å². The minimum Gasteiger partial charge on any atom is -0.366 e. The molecule has 4 nitrogen and oxygen atoms in total. The first-order chi connectivity index (χ1) is 12.1. The fraction of sp³-hybridized carbons (Fsp3) is 0.286. The van der Waals surface area contributed by atoms with E-state index in [0.717, 1.165) is 48.0 Å². The van der Waals surface area contributed by atoms with Crippen molar-refractivity contribution in [3.05, 3.63) is 59.3 Å². The molecule has 3 aromatic rings. The van der Waals surface area contributed by atoms with E-state index in [1.807, 2.05) is 6.07 Å². The molecule has 1 saturated heterocycles. The number of aromatic amines is 1. The maximum Gasteiger partial charge on any atom is 0.250 e. The van der Waals surface area contributed by atoms with Gasteiger partial charge in [0.2, 0.25) is 0 Å². The Morgan fingerprint density at radius 2 is 1.80 bits per heavy atom. The summed E-state index contributed by atoms with van der Waals surface area (Å²) in [6.45, 7) is 4.15. The molecule has 25 heavy (non-hydrogen) atoms. The Hall–Kier alpha value is -2.59. The lowest BCUT2D eigenvalue weighted by Gasteiger charge is -2.22. The van der Waals surface area contributed by atoms with Crippen molar-refractivity contribution in [1.82, 2.24) is 10.3 Å². The molecule has 1 aromatic heterocycles. The van der Waals surface area contributed by atoms with Gasteiger partial charge in [-0.25, -0.2) is 0 Å². The summed E-state index contributed by atoms with van der Waals surface area (Å²) in [5.41, 5.74) is 11.8. The summed E-state index contributed by atoms with van der Waals surface area (Å²) in [6.07, 6.45) is 4.30. The Kier molecular flexibility index (Phi) is 4.06. The second kappa shape index (κ2) is 6.37. The largest absolute Gasteiger partial charge is 0.366 e. The van der Waals surface area contributed by atoms with E-state index in [9.17, 15) is 4.79 Å². The predicted molar refractivity (Wildman–Crippen MR) is 102 cm³/mol. The number of carbonyl (C=O) groups excluding carboxylic acids is 1. The van der Waals surface area contributed by atoms with Crippen molar-refractivity contribution in [3.63, 3.8) is 0 Å². The van der Waals surface area contributed by atoms with Crippen LogP contribution in [0.25, 0.3) is 22.0 Å². The Morgan fingerprint density at radius 3 is 2.48 bits per heavy atom. The lowest BCUT2D eigenvalue weighted by molar-refractivity contribution is 0.100. The first kappa shape index (κ1) is 15.9. The van der Waals surface area contributed by atoms with Crippen LogP contribution in [0.3, 0.4) is 0 Å². The van der Waals surface area contributed by atoms with Crippen LogP contribution in [-0.2, 0) is 0 Å². The van der Waals surface area contributed by atoms with Crippen LogP contribution in [0.1, 0.15) is 40.2 Å². The molecule has 4 N–H and O–H groups in total. The standard InChI is InChI=1S/C21H23N3O/c1-13-2-4-14(5-3-13)16-10-17-19(15-6-8-23-9-7-15)12-24-20(17)18(11-16)21(22)25/h2-5,10-12,15,23-24H,6-9H2,1H3,(H2,22,25). The van der Waals surface area contributed by atoms with Gasteiger partial charge in [-0.3, -0.25) is 4.79 Å². The van der Waals surface area contributed by atoms with Crippen LogP contribution in [-0.4, -0.2) is 24.0 Å². The number of piperidine rings is 1. The molecule has 128 valence electrons. The van der Waals surface area contributed by atoms with Gasteiger partial charge in [-0.2, -0.15) is 0 Å². The number of carbonyl (C=O) groups is 1. The van der Waals surface area contributed by atoms with E-state index >= 15 is 0 Å². The molecule has 0 saturated carbocycles. The van der Waals surface area contributed by atoms with Crippen LogP contribution in [0.15, 0.2) is 42.6 Å². The number of aromatic nitrogens is 1. The Labute approximate surface area is 147 Å². The number of nitrogens with two attached hydrogens (primary N) is 1. The number of H-pyrrole nitrogens is 1. The zero-order valence-corrected chi connectivity index (χ0v) is 14.4. The highest BCUT2D eigenvalue weighted by Crippen LogP contribution is 2.35. The number of hydrogen-bond acceptors (Lipinski definition) is 2. The summed E-state index contributed by atoms with van der Waals surface area (Å²) >= 11 is 0. The molecule has 2 aromatic carbocycles. The molecule has 1 fully saturated rings. The Balaban J connectivity index is 1.89. The molecule has 1 aliphatic heterocycles. The van der Waals surface area contributed by atoms with Gasteiger partial charge in [0.25, 0.3) is 5.91 Å². The van der Waals surface area contributed by atoms with Gasteiger partial charge in [-0.05, 0) is 67.6 Å². The number of amides is 1. The normalized spacial score (nSPS) is 15.6. The third kappa shape index (κ3) is 2.94. The average Bonchev–Trinajstić information content (AvgIpc) is 3.06. The summed E-state index contributed by atoms with van der Waals surface area (Å²) in [6, 6.07) is 12.5. The molecule has 1 aliphatic rings. The number of fused-ring (bicyclic) bond motifs is 1. The number of benzene rings is 2. The van der Waals surface area contributed by atoms with Crippen molar-refractivity contribution in [2.75, 3.05) is 13.1 Å². The maximum absolute atomic E-state index is 12.0. The molecule has 0 spiro atoms. The smallest absolute Gasteiger partial charge is 0.250 e. The molecule has 4 heteroatoms. The van der Waals surface area contributed by atoms with Crippen molar-refractivity contribution >= 4 is 16.8 Å². The van der Waals surface area contributed by atoms with Crippen molar-refractivity contribution in [2.24, 2.45) is 5.73 Å². The second-order valence-corrected chi connectivity index (χ2v) is 6.94. The van der Waals surface area contributed by atoms with Crippen molar-refractivity contribution < 1.29 is 4.79 Å². The fourth-order valence-electron chi connectivity index (χ4n) is 3.83. The molecule has 0 radical (unpaired) electrons. The van der Waals surface area contributed by atoms with E-state index < -0.39 is 5.91 Å². The van der Waals surface area contributed by atoms with E-state index in [1.54, 1.807) is 0 Å². The third-order valence-corrected chi connectivity index (χ3v) is 5.25. The minimum absolute atomic E-state index is 0.391. The third-order valence-electron chi connectivity index (χ3n) is 5.25. The minimum atomic E-state index is -0.391. The Morgan fingerprint density at radius 1 is 1.08 bits per heavy atom.